The Balaban J connectivity index is 1.54. The van der Waals surface area contributed by atoms with E-state index < -0.39 is 10.0 Å². The van der Waals surface area contributed by atoms with E-state index in [4.69, 9.17) is 16.6 Å². The van der Waals surface area contributed by atoms with Gasteiger partial charge in [0.1, 0.15) is 0 Å². The molecule has 0 atom stereocenters. The van der Waals surface area contributed by atoms with Crippen molar-refractivity contribution in [3.63, 3.8) is 0 Å². The second kappa shape index (κ2) is 7.92. The Hall–Kier alpha value is -2.00. The Labute approximate surface area is 182 Å². The van der Waals surface area contributed by atoms with E-state index in [2.05, 4.69) is 11.0 Å². The number of para-hydroxylation sites is 2. The van der Waals surface area contributed by atoms with E-state index in [1.54, 1.807) is 4.31 Å². The van der Waals surface area contributed by atoms with Crippen LogP contribution in [0.15, 0.2) is 39.6 Å². The number of hydrogen-bond acceptors (Lipinski definition) is 5. The highest BCUT2D eigenvalue weighted by Crippen LogP contribution is 2.29. The van der Waals surface area contributed by atoms with Crippen molar-refractivity contribution < 1.29 is 12.8 Å². The van der Waals surface area contributed by atoms with Crippen molar-refractivity contribution in [3.05, 3.63) is 57.4 Å². The predicted octanol–water partition coefficient (Wildman–Crippen LogP) is 4.16. The average Bonchev–Trinajstić information content (AvgIpc) is 3.02. The number of aryl methyl sites for hydroxylation is 2. The van der Waals surface area contributed by atoms with E-state index >= 15 is 0 Å². The van der Waals surface area contributed by atoms with Crippen molar-refractivity contribution in [1.82, 2.24) is 13.8 Å². The Kier molecular flexibility index (Phi) is 5.61. The number of hydrogen-bond donors (Lipinski definition) is 0. The van der Waals surface area contributed by atoms with Crippen LogP contribution in [0, 0.1) is 32.5 Å². The molecule has 0 spiro atoms. The lowest BCUT2D eigenvalue weighted by Gasteiger charge is -2.34. The van der Waals surface area contributed by atoms with Crippen LogP contribution in [0.1, 0.15) is 22.3 Å². The van der Waals surface area contributed by atoms with Gasteiger partial charge in [0.2, 0.25) is 10.0 Å². The van der Waals surface area contributed by atoms with Gasteiger partial charge in [-0.15, -0.1) is 0 Å². The number of piperazine rings is 1. The van der Waals surface area contributed by atoms with Crippen LogP contribution in [0.5, 0.6) is 0 Å². The first kappa shape index (κ1) is 21.2. The molecule has 8 heteroatoms. The van der Waals surface area contributed by atoms with Crippen LogP contribution in [0.3, 0.4) is 0 Å². The first-order valence-electron chi connectivity index (χ1n) is 10.1. The fraction of sp³-hybridized carbons (Fsp3) is 0.409. The van der Waals surface area contributed by atoms with Gasteiger partial charge >= 0.3 is 0 Å². The molecular formula is C22H27N3O3S2. The third kappa shape index (κ3) is 3.62. The van der Waals surface area contributed by atoms with Gasteiger partial charge in [-0.05, 0) is 74.3 Å². The van der Waals surface area contributed by atoms with Gasteiger partial charge in [0.05, 0.1) is 17.1 Å². The Morgan fingerprint density at radius 3 is 2.20 bits per heavy atom. The molecule has 1 aliphatic heterocycles. The van der Waals surface area contributed by atoms with E-state index in [0.717, 1.165) is 33.4 Å². The molecule has 0 radical (unpaired) electrons. The fourth-order valence-corrected chi connectivity index (χ4v) is 6.40. The zero-order valence-electron chi connectivity index (χ0n) is 17.8. The largest absolute Gasteiger partial charge is 0.429 e. The second-order valence-corrected chi connectivity index (χ2v) is 10.2. The van der Waals surface area contributed by atoms with E-state index in [1.165, 1.54) is 0 Å². The first-order chi connectivity index (χ1) is 14.2. The van der Waals surface area contributed by atoms with Gasteiger partial charge in [0.25, 0.3) is 4.84 Å². The maximum absolute atomic E-state index is 13.5. The SMILES string of the molecule is Cc1cc(C)c(C)c(S(=O)(=O)N2CCN(Cn3c(=S)oc4ccccc43)CC2)c1C. The summed E-state index contributed by atoms with van der Waals surface area (Å²) in [7, 11) is -3.54. The topological polar surface area (TPSA) is 58.7 Å². The summed E-state index contributed by atoms with van der Waals surface area (Å²) < 4.78 is 36.2. The van der Waals surface area contributed by atoms with Gasteiger partial charge in [0.15, 0.2) is 5.58 Å². The van der Waals surface area contributed by atoms with Gasteiger partial charge < -0.3 is 4.42 Å². The van der Waals surface area contributed by atoms with Crippen LogP contribution in [0.4, 0.5) is 0 Å². The zero-order chi connectivity index (χ0) is 21.6. The minimum absolute atomic E-state index is 0.438. The highest BCUT2D eigenvalue weighted by molar-refractivity contribution is 7.89. The summed E-state index contributed by atoms with van der Waals surface area (Å²) in [5.74, 6) is 0. The molecule has 4 rings (SSSR count). The highest BCUT2D eigenvalue weighted by atomic mass is 32.2. The van der Waals surface area contributed by atoms with Crippen molar-refractivity contribution in [2.24, 2.45) is 0 Å². The minimum Gasteiger partial charge on any atom is -0.429 e. The van der Waals surface area contributed by atoms with Gasteiger partial charge in [-0.3, -0.25) is 9.47 Å². The summed E-state index contributed by atoms with van der Waals surface area (Å²) in [6, 6.07) is 9.83. The van der Waals surface area contributed by atoms with E-state index in [9.17, 15) is 8.42 Å². The summed E-state index contributed by atoms with van der Waals surface area (Å²) in [5.41, 5.74) is 5.44. The molecule has 30 heavy (non-hydrogen) atoms. The Morgan fingerprint density at radius 1 is 0.967 bits per heavy atom. The molecule has 1 aliphatic rings. The van der Waals surface area contributed by atoms with Crippen molar-refractivity contribution in [3.8, 4) is 0 Å². The van der Waals surface area contributed by atoms with Crippen LogP contribution in [-0.4, -0.2) is 48.4 Å². The fourth-order valence-electron chi connectivity index (χ4n) is 4.16. The van der Waals surface area contributed by atoms with Crippen LogP contribution in [-0.2, 0) is 16.7 Å². The maximum Gasteiger partial charge on any atom is 0.270 e. The van der Waals surface area contributed by atoms with Crippen LogP contribution in [0.25, 0.3) is 11.1 Å². The quantitative estimate of drug-likeness (QED) is 0.565. The number of oxazole rings is 1. The monoisotopic (exact) mass is 445 g/mol. The van der Waals surface area contributed by atoms with Gasteiger partial charge in [-0.1, -0.05) is 18.2 Å². The van der Waals surface area contributed by atoms with Crippen LogP contribution >= 0.6 is 12.2 Å². The number of rotatable bonds is 4. The number of benzene rings is 2. The molecule has 160 valence electrons. The normalized spacial score (nSPS) is 16.4. The van der Waals surface area contributed by atoms with E-state index in [1.807, 2.05) is 56.5 Å². The predicted molar refractivity (Wildman–Crippen MR) is 121 cm³/mol. The first-order valence-corrected chi connectivity index (χ1v) is 11.9. The van der Waals surface area contributed by atoms with Gasteiger partial charge in [0, 0.05) is 26.2 Å². The van der Waals surface area contributed by atoms with Crippen LogP contribution in [0.2, 0.25) is 0 Å². The van der Waals surface area contributed by atoms with E-state index in [0.29, 0.717) is 42.6 Å². The number of aromatic nitrogens is 1. The minimum atomic E-state index is -3.54. The Bertz CT molecular complexity index is 1240. The second-order valence-electron chi connectivity index (χ2n) is 8.02. The summed E-state index contributed by atoms with van der Waals surface area (Å²) in [6.45, 7) is 10.5. The lowest BCUT2D eigenvalue weighted by Crippen LogP contribution is -2.49. The highest BCUT2D eigenvalue weighted by Gasteiger charge is 2.32. The molecule has 0 N–H and O–H groups in total. The molecule has 0 aliphatic carbocycles. The Morgan fingerprint density at radius 2 is 1.57 bits per heavy atom. The molecule has 1 fully saturated rings. The molecule has 1 aromatic heterocycles. The standard InChI is InChI=1S/C22H27N3O3S2/c1-15-13-16(2)18(4)21(17(15)3)30(26,27)24-11-9-23(10-12-24)14-25-19-7-5-6-8-20(19)28-22(25)29/h5-8,13H,9-12,14H2,1-4H3. The molecule has 0 saturated carbocycles. The lowest BCUT2D eigenvalue weighted by atomic mass is 10.0. The summed E-state index contributed by atoms with van der Waals surface area (Å²) in [4.78, 5) is 3.12. The number of fused-ring (bicyclic) bond motifs is 1. The molecule has 0 bridgehead atoms. The molecule has 2 heterocycles. The molecule has 3 aromatic rings. The maximum atomic E-state index is 13.5. The number of sulfonamides is 1. The molecule has 0 amide bonds. The molecule has 1 saturated heterocycles. The van der Waals surface area contributed by atoms with Gasteiger partial charge in [-0.2, -0.15) is 4.31 Å². The molecule has 0 unspecified atom stereocenters. The van der Waals surface area contributed by atoms with Crippen LogP contribution < -0.4 is 0 Å². The third-order valence-corrected chi connectivity index (χ3v) is 8.62. The number of nitrogens with zero attached hydrogens (tertiary/aromatic N) is 3. The molecule has 6 nitrogen and oxygen atoms in total. The van der Waals surface area contributed by atoms with Crippen molar-refractivity contribution in [2.75, 3.05) is 26.2 Å². The molecule has 2 aromatic carbocycles. The third-order valence-electron chi connectivity index (χ3n) is 6.14. The summed E-state index contributed by atoms with van der Waals surface area (Å²) in [5, 5.41) is 0. The van der Waals surface area contributed by atoms with Gasteiger partial charge in [-0.25, -0.2) is 8.42 Å². The lowest BCUT2D eigenvalue weighted by molar-refractivity contribution is 0.151. The van der Waals surface area contributed by atoms with E-state index in [-0.39, 0.29) is 0 Å². The zero-order valence-corrected chi connectivity index (χ0v) is 19.4. The summed E-state index contributed by atoms with van der Waals surface area (Å²) >= 11 is 5.38. The van der Waals surface area contributed by atoms with Crippen molar-refractivity contribution in [2.45, 2.75) is 39.3 Å². The average molecular weight is 446 g/mol. The summed E-state index contributed by atoms with van der Waals surface area (Å²) in [6.07, 6.45) is 0. The molecular weight excluding hydrogens is 418 g/mol. The smallest absolute Gasteiger partial charge is 0.270 e. The van der Waals surface area contributed by atoms with Crippen molar-refractivity contribution in [1.29, 1.82) is 0 Å². The van der Waals surface area contributed by atoms with Crippen molar-refractivity contribution >= 4 is 33.3 Å².